The third-order valence-electron chi connectivity index (χ3n) is 5.60. The van der Waals surface area contributed by atoms with E-state index in [2.05, 4.69) is 4.74 Å². The van der Waals surface area contributed by atoms with Crippen LogP contribution in [-0.2, 0) is 25.7 Å². The van der Waals surface area contributed by atoms with Crippen LogP contribution in [0.25, 0.3) is 6.08 Å². The SMILES string of the molecule is COC(=O)/C=C/c1cccc(N(Cc2ccc(OCC=O)cc2)C(=O)C2CCCCC2)c1. The van der Waals surface area contributed by atoms with Gasteiger partial charge in [-0.25, -0.2) is 4.79 Å². The minimum Gasteiger partial charge on any atom is -0.486 e. The maximum atomic E-state index is 13.5. The van der Waals surface area contributed by atoms with E-state index in [0.717, 1.165) is 42.5 Å². The van der Waals surface area contributed by atoms with Crippen molar-refractivity contribution in [3.63, 3.8) is 0 Å². The molecule has 6 heteroatoms. The summed E-state index contributed by atoms with van der Waals surface area (Å²) >= 11 is 0. The van der Waals surface area contributed by atoms with Crippen molar-refractivity contribution in [3.05, 3.63) is 65.7 Å². The number of benzene rings is 2. The molecule has 0 aromatic heterocycles. The number of nitrogens with zero attached hydrogens (tertiary/aromatic N) is 1. The molecule has 0 unspecified atom stereocenters. The molecule has 0 aliphatic heterocycles. The van der Waals surface area contributed by atoms with Gasteiger partial charge in [-0.2, -0.15) is 0 Å². The van der Waals surface area contributed by atoms with Gasteiger partial charge in [0, 0.05) is 17.7 Å². The van der Waals surface area contributed by atoms with Crippen molar-refractivity contribution in [2.75, 3.05) is 18.6 Å². The molecule has 1 fully saturated rings. The Labute approximate surface area is 188 Å². The van der Waals surface area contributed by atoms with Gasteiger partial charge in [0.1, 0.15) is 12.4 Å². The molecule has 6 nitrogen and oxygen atoms in total. The highest BCUT2D eigenvalue weighted by Gasteiger charge is 2.27. The molecule has 2 aromatic rings. The summed E-state index contributed by atoms with van der Waals surface area (Å²) in [5.74, 6) is 0.330. The second-order valence-electron chi connectivity index (χ2n) is 7.83. The minimum atomic E-state index is -0.428. The van der Waals surface area contributed by atoms with Crippen LogP contribution in [0.4, 0.5) is 5.69 Å². The van der Waals surface area contributed by atoms with Crippen LogP contribution in [0.3, 0.4) is 0 Å². The van der Waals surface area contributed by atoms with Crippen molar-refractivity contribution in [1.29, 1.82) is 0 Å². The highest BCUT2D eigenvalue weighted by molar-refractivity contribution is 5.95. The first-order valence-electron chi connectivity index (χ1n) is 10.9. The number of aldehydes is 1. The van der Waals surface area contributed by atoms with E-state index in [1.807, 2.05) is 41.3 Å². The quantitative estimate of drug-likeness (QED) is 0.328. The molecule has 0 atom stereocenters. The van der Waals surface area contributed by atoms with Crippen molar-refractivity contribution in [2.24, 2.45) is 5.92 Å². The number of hydrogen-bond donors (Lipinski definition) is 0. The van der Waals surface area contributed by atoms with Crippen LogP contribution in [0.2, 0.25) is 0 Å². The summed E-state index contributed by atoms with van der Waals surface area (Å²) in [5, 5.41) is 0. The molecule has 168 valence electrons. The number of carbonyl (C=O) groups excluding carboxylic acids is 3. The van der Waals surface area contributed by atoms with Crippen molar-refractivity contribution in [3.8, 4) is 5.75 Å². The Morgan fingerprint density at radius 2 is 1.81 bits per heavy atom. The number of anilines is 1. The first-order chi connectivity index (χ1) is 15.6. The summed E-state index contributed by atoms with van der Waals surface area (Å²) in [6, 6.07) is 15.0. The Kier molecular flexibility index (Phi) is 8.61. The van der Waals surface area contributed by atoms with Gasteiger partial charge in [0.25, 0.3) is 0 Å². The summed E-state index contributed by atoms with van der Waals surface area (Å²) in [5.41, 5.74) is 2.56. The molecule has 1 amide bonds. The van der Waals surface area contributed by atoms with Crippen LogP contribution >= 0.6 is 0 Å². The van der Waals surface area contributed by atoms with Gasteiger partial charge in [0.05, 0.1) is 13.7 Å². The average molecular weight is 436 g/mol. The normalized spacial score (nSPS) is 14.2. The first kappa shape index (κ1) is 23.3. The first-order valence-corrected chi connectivity index (χ1v) is 10.9. The fraction of sp³-hybridized carbons (Fsp3) is 0.346. The number of rotatable bonds is 9. The van der Waals surface area contributed by atoms with Gasteiger partial charge in [-0.1, -0.05) is 43.5 Å². The molecule has 1 aliphatic rings. The Bertz CT molecular complexity index is 945. The highest BCUT2D eigenvalue weighted by atomic mass is 16.5. The number of esters is 1. The summed E-state index contributed by atoms with van der Waals surface area (Å²) in [6.07, 6.45) is 8.91. The average Bonchev–Trinajstić information content (AvgIpc) is 2.85. The van der Waals surface area contributed by atoms with Crippen molar-refractivity contribution in [2.45, 2.75) is 38.6 Å². The third-order valence-corrected chi connectivity index (χ3v) is 5.60. The van der Waals surface area contributed by atoms with Gasteiger partial charge >= 0.3 is 5.97 Å². The van der Waals surface area contributed by atoms with E-state index >= 15 is 0 Å². The Morgan fingerprint density at radius 3 is 2.50 bits per heavy atom. The predicted molar refractivity (Wildman–Crippen MR) is 123 cm³/mol. The number of ether oxygens (including phenoxy) is 2. The van der Waals surface area contributed by atoms with E-state index in [-0.39, 0.29) is 18.4 Å². The fourth-order valence-electron chi connectivity index (χ4n) is 3.90. The van der Waals surface area contributed by atoms with E-state index in [1.165, 1.54) is 19.6 Å². The molecular formula is C26H29NO5. The van der Waals surface area contributed by atoms with Gasteiger partial charge in [0.15, 0.2) is 6.29 Å². The van der Waals surface area contributed by atoms with Crippen LogP contribution in [-0.4, -0.2) is 31.9 Å². The van der Waals surface area contributed by atoms with Crippen LogP contribution < -0.4 is 9.64 Å². The maximum absolute atomic E-state index is 13.5. The lowest BCUT2D eigenvalue weighted by molar-refractivity contribution is -0.134. The lowest BCUT2D eigenvalue weighted by atomic mass is 9.88. The van der Waals surface area contributed by atoms with Gasteiger partial charge in [0.2, 0.25) is 5.91 Å². The fourth-order valence-corrected chi connectivity index (χ4v) is 3.90. The van der Waals surface area contributed by atoms with Crippen molar-refractivity contribution >= 4 is 29.9 Å². The second-order valence-corrected chi connectivity index (χ2v) is 7.83. The van der Waals surface area contributed by atoms with Crippen LogP contribution in [0.1, 0.15) is 43.2 Å². The summed E-state index contributed by atoms with van der Waals surface area (Å²) in [4.78, 5) is 37.3. The van der Waals surface area contributed by atoms with Gasteiger partial charge in [-0.15, -0.1) is 0 Å². The Hall–Kier alpha value is -3.41. The maximum Gasteiger partial charge on any atom is 0.330 e. The molecule has 32 heavy (non-hydrogen) atoms. The predicted octanol–water partition coefficient (Wildman–Crippen LogP) is 4.56. The molecule has 0 saturated heterocycles. The highest BCUT2D eigenvalue weighted by Crippen LogP contribution is 2.29. The molecule has 0 heterocycles. The van der Waals surface area contributed by atoms with E-state index < -0.39 is 5.97 Å². The largest absolute Gasteiger partial charge is 0.486 e. The van der Waals surface area contributed by atoms with E-state index in [1.54, 1.807) is 18.2 Å². The molecule has 1 saturated carbocycles. The molecule has 1 aliphatic carbocycles. The number of amides is 1. The summed E-state index contributed by atoms with van der Waals surface area (Å²) < 4.78 is 9.98. The summed E-state index contributed by atoms with van der Waals surface area (Å²) in [7, 11) is 1.34. The van der Waals surface area contributed by atoms with Gasteiger partial charge in [-0.3, -0.25) is 9.59 Å². The van der Waals surface area contributed by atoms with Crippen molar-refractivity contribution < 1.29 is 23.9 Å². The monoisotopic (exact) mass is 435 g/mol. The van der Waals surface area contributed by atoms with Gasteiger partial charge in [-0.05, 0) is 54.3 Å². The topological polar surface area (TPSA) is 72.9 Å². The van der Waals surface area contributed by atoms with Crippen LogP contribution in [0, 0.1) is 5.92 Å². The molecule has 3 rings (SSSR count). The van der Waals surface area contributed by atoms with Crippen LogP contribution in [0.5, 0.6) is 5.75 Å². The Balaban J connectivity index is 1.85. The van der Waals surface area contributed by atoms with E-state index in [0.29, 0.717) is 18.6 Å². The molecule has 0 bridgehead atoms. The molecular weight excluding hydrogens is 406 g/mol. The lowest BCUT2D eigenvalue weighted by Gasteiger charge is -2.30. The van der Waals surface area contributed by atoms with Crippen LogP contribution in [0.15, 0.2) is 54.6 Å². The zero-order valence-electron chi connectivity index (χ0n) is 18.4. The molecule has 2 aromatic carbocycles. The smallest absolute Gasteiger partial charge is 0.330 e. The zero-order valence-corrected chi connectivity index (χ0v) is 18.4. The van der Waals surface area contributed by atoms with Crippen molar-refractivity contribution in [1.82, 2.24) is 0 Å². The molecule has 0 N–H and O–H groups in total. The second kappa shape index (κ2) is 11.8. The number of carbonyl (C=O) groups is 3. The third kappa shape index (κ3) is 6.54. The molecule has 0 spiro atoms. The number of hydrogen-bond acceptors (Lipinski definition) is 5. The van der Waals surface area contributed by atoms with Gasteiger partial charge < -0.3 is 14.4 Å². The molecule has 0 radical (unpaired) electrons. The van der Waals surface area contributed by atoms with E-state index in [9.17, 15) is 14.4 Å². The minimum absolute atomic E-state index is 0.0114. The number of methoxy groups -OCH3 is 1. The standard InChI is InChI=1S/C26H29NO5/c1-31-25(29)15-12-20-6-5-9-23(18-20)27(26(30)22-7-3-2-4-8-22)19-21-10-13-24(14-11-21)32-17-16-28/h5-6,9-16,18,22H,2-4,7-8,17,19H2,1H3/b15-12+. The lowest BCUT2D eigenvalue weighted by Crippen LogP contribution is -2.36. The Morgan fingerprint density at radius 1 is 1.06 bits per heavy atom. The zero-order chi connectivity index (χ0) is 22.8. The van der Waals surface area contributed by atoms with E-state index in [4.69, 9.17) is 4.74 Å². The summed E-state index contributed by atoms with van der Waals surface area (Å²) in [6.45, 7) is 0.436.